The third-order valence-electron chi connectivity index (χ3n) is 3.27. The van der Waals surface area contributed by atoms with Crippen LogP contribution in [0.5, 0.6) is 5.75 Å². The zero-order valence-corrected chi connectivity index (χ0v) is 15.4. The van der Waals surface area contributed by atoms with Gasteiger partial charge in [-0.15, -0.1) is 0 Å². The number of ether oxygens (including phenoxy) is 1. The lowest BCUT2D eigenvalue weighted by molar-refractivity contribution is -0.145. The molecule has 1 aliphatic rings. The van der Waals surface area contributed by atoms with Gasteiger partial charge in [0, 0.05) is 16.5 Å². The largest absolute Gasteiger partial charge is 0.506 e. The van der Waals surface area contributed by atoms with Crippen LogP contribution >= 0.6 is 45.2 Å². The molecule has 1 heterocycles. The molecule has 0 aromatic heterocycles. The fourth-order valence-corrected chi connectivity index (χ4v) is 4.13. The molecular formula is C13H13I2NO5. The van der Waals surface area contributed by atoms with Gasteiger partial charge < -0.3 is 19.8 Å². The molecular weight excluding hydrogens is 504 g/mol. The van der Waals surface area contributed by atoms with Gasteiger partial charge in [0.25, 0.3) is 5.91 Å². The molecule has 2 unspecified atom stereocenters. The Morgan fingerprint density at radius 1 is 1.38 bits per heavy atom. The molecule has 2 N–H and O–H groups in total. The molecule has 1 aromatic rings. The molecule has 1 aliphatic heterocycles. The van der Waals surface area contributed by atoms with Gasteiger partial charge in [-0.3, -0.25) is 4.79 Å². The second-order valence-electron chi connectivity index (χ2n) is 4.67. The second-order valence-corrected chi connectivity index (χ2v) is 7.08. The number of aromatic hydroxyl groups is 1. The molecule has 0 aliphatic carbocycles. The van der Waals surface area contributed by atoms with Crippen LogP contribution in [0, 0.1) is 7.14 Å². The number of β-amino-alcohol motifs (C(OH)–C–C–N with tert-alkyl or cyclic N) is 1. The highest BCUT2D eigenvalue weighted by molar-refractivity contribution is 14.1. The van der Waals surface area contributed by atoms with E-state index in [4.69, 9.17) is 0 Å². The van der Waals surface area contributed by atoms with E-state index in [0.29, 0.717) is 3.57 Å². The number of hydrogen-bond donors (Lipinski definition) is 2. The van der Waals surface area contributed by atoms with Crippen molar-refractivity contribution in [1.29, 1.82) is 0 Å². The summed E-state index contributed by atoms with van der Waals surface area (Å²) in [5, 5.41) is 19.8. The maximum absolute atomic E-state index is 12.6. The molecule has 2 atom stereocenters. The summed E-state index contributed by atoms with van der Waals surface area (Å²) in [6.07, 6.45) is -0.637. The van der Waals surface area contributed by atoms with E-state index in [1.54, 1.807) is 12.1 Å². The van der Waals surface area contributed by atoms with E-state index in [1.807, 2.05) is 45.2 Å². The first kappa shape index (κ1) is 16.7. The first-order valence-corrected chi connectivity index (χ1v) is 8.25. The number of esters is 1. The summed E-state index contributed by atoms with van der Waals surface area (Å²) in [6.45, 7) is 0.0418. The van der Waals surface area contributed by atoms with Crippen LogP contribution in [0.4, 0.5) is 0 Å². The van der Waals surface area contributed by atoms with Crippen LogP contribution < -0.4 is 0 Å². The topological polar surface area (TPSA) is 87.1 Å². The van der Waals surface area contributed by atoms with Crippen molar-refractivity contribution in [3.63, 3.8) is 0 Å². The van der Waals surface area contributed by atoms with Crippen LogP contribution in [-0.4, -0.2) is 52.8 Å². The number of phenolic OH excluding ortho intramolecular Hbond substituents is 1. The summed E-state index contributed by atoms with van der Waals surface area (Å²) in [5.41, 5.74) is 0.120. The van der Waals surface area contributed by atoms with Gasteiger partial charge >= 0.3 is 5.97 Å². The van der Waals surface area contributed by atoms with Gasteiger partial charge in [0.1, 0.15) is 11.8 Å². The van der Waals surface area contributed by atoms with Gasteiger partial charge in [-0.05, 0) is 57.3 Å². The summed E-state index contributed by atoms with van der Waals surface area (Å²) in [4.78, 5) is 25.6. The molecule has 0 bridgehead atoms. The van der Waals surface area contributed by atoms with E-state index < -0.39 is 24.0 Å². The van der Waals surface area contributed by atoms with E-state index in [1.165, 1.54) is 12.0 Å². The summed E-state index contributed by atoms with van der Waals surface area (Å²) >= 11 is 3.98. The van der Waals surface area contributed by atoms with Gasteiger partial charge in [0.2, 0.25) is 0 Å². The molecule has 114 valence electrons. The van der Waals surface area contributed by atoms with Crippen LogP contribution in [0.2, 0.25) is 0 Å². The number of benzene rings is 1. The normalized spacial score (nSPS) is 21.4. The average molecular weight is 517 g/mol. The Labute approximate surface area is 148 Å². The Morgan fingerprint density at radius 3 is 2.67 bits per heavy atom. The van der Waals surface area contributed by atoms with E-state index >= 15 is 0 Å². The van der Waals surface area contributed by atoms with Crippen LogP contribution in [0.1, 0.15) is 16.8 Å². The summed E-state index contributed by atoms with van der Waals surface area (Å²) < 4.78 is 6.02. The van der Waals surface area contributed by atoms with Gasteiger partial charge in [-0.2, -0.15) is 0 Å². The average Bonchev–Trinajstić information content (AvgIpc) is 2.83. The second kappa shape index (κ2) is 6.65. The van der Waals surface area contributed by atoms with Crippen molar-refractivity contribution in [3.8, 4) is 5.75 Å². The lowest BCUT2D eigenvalue weighted by Crippen LogP contribution is -2.41. The molecule has 0 radical (unpaired) electrons. The van der Waals surface area contributed by atoms with Crippen molar-refractivity contribution in [1.82, 2.24) is 4.90 Å². The van der Waals surface area contributed by atoms with Gasteiger partial charge in [0.15, 0.2) is 0 Å². The fraction of sp³-hybridized carbons (Fsp3) is 0.385. The Bertz CT molecular complexity index is 592. The van der Waals surface area contributed by atoms with E-state index in [0.717, 1.165) is 3.57 Å². The molecule has 21 heavy (non-hydrogen) atoms. The minimum absolute atomic E-state index is 0.0418. The lowest BCUT2D eigenvalue weighted by atomic mass is 10.1. The predicted octanol–water partition coefficient (Wildman–Crippen LogP) is 1.35. The SMILES string of the molecule is COC(=O)C1CC(O)CN1C(=O)c1cc(I)cc(I)c1O. The zero-order valence-electron chi connectivity index (χ0n) is 11.0. The Morgan fingerprint density at radius 2 is 2.05 bits per heavy atom. The number of aliphatic hydroxyl groups excluding tert-OH is 1. The first-order valence-electron chi connectivity index (χ1n) is 6.10. The van der Waals surface area contributed by atoms with Crippen molar-refractivity contribution in [2.24, 2.45) is 0 Å². The van der Waals surface area contributed by atoms with Crippen molar-refractivity contribution >= 4 is 57.1 Å². The Balaban J connectivity index is 2.37. The summed E-state index contributed by atoms with van der Waals surface area (Å²) in [5.74, 6) is -1.18. The molecule has 1 fully saturated rings. The number of likely N-dealkylation sites (tertiary alicyclic amines) is 1. The summed E-state index contributed by atoms with van der Waals surface area (Å²) in [6, 6.07) is 2.47. The van der Waals surface area contributed by atoms with E-state index in [-0.39, 0.29) is 24.3 Å². The number of phenols is 1. The Hall–Kier alpha value is -0.620. The predicted molar refractivity (Wildman–Crippen MR) is 91.0 cm³/mol. The molecule has 1 amide bonds. The standard InChI is InChI=1S/C13H13I2NO5/c1-21-13(20)10-4-7(17)5-16(10)12(19)8-2-6(14)3-9(15)11(8)18/h2-3,7,10,17-18H,4-5H2,1H3. The highest BCUT2D eigenvalue weighted by atomic mass is 127. The minimum atomic E-state index is -0.826. The molecule has 1 saturated heterocycles. The maximum Gasteiger partial charge on any atom is 0.328 e. The Kier molecular flexibility index (Phi) is 5.30. The van der Waals surface area contributed by atoms with E-state index in [9.17, 15) is 19.8 Å². The number of carbonyl (C=O) groups is 2. The number of amides is 1. The molecule has 1 aromatic carbocycles. The van der Waals surface area contributed by atoms with Crippen LogP contribution in [0.15, 0.2) is 12.1 Å². The number of carbonyl (C=O) groups excluding carboxylic acids is 2. The maximum atomic E-state index is 12.6. The highest BCUT2D eigenvalue weighted by Crippen LogP contribution is 2.30. The monoisotopic (exact) mass is 517 g/mol. The third-order valence-corrected chi connectivity index (χ3v) is 4.72. The number of nitrogens with zero attached hydrogens (tertiary/aromatic N) is 1. The van der Waals surface area contributed by atoms with Crippen molar-refractivity contribution in [2.75, 3.05) is 13.7 Å². The molecule has 0 spiro atoms. The van der Waals surface area contributed by atoms with Crippen LogP contribution in [-0.2, 0) is 9.53 Å². The van der Waals surface area contributed by atoms with Gasteiger partial charge in [-0.25, -0.2) is 4.79 Å². The number of hydrogen-bond acceptors (Lipinski definition) is 5. The van der Waals surface area contributed by atoms with E-state index in [2.05, 4.69) is 4.74 Å². The first-order chi connectivity index (χ1) is 9.85. The van der Waals surface area contributed by atoms with Gasteiger partial charge in [0.05, 0.1) is 22.3 Å². The smallest absolute Gasteiger partial charge is 0.328 e. The number of rotatable bonds is 2. The third kappa shape index (κ3) is 3.42. The lowest BCUT2D eigenvalue weighted by Gasteiger charge is -2.23. The number of aliphatic hydroxyl groups is 1. The van der Waals surface area contributed by atoms with Crippen molar-refractivity contribution in [3.05, 3.63) is 24.8 Å². The molecule has 2 rings (SSSR count). The molecule has 8 heteroatoms. The highest BCUT2D eigenvalue weighted by Gasteiger charge is 2.40. The molecule has 6 nitrogen and oxygen atoms in total. The fourth-order valence-electron chi connectivity index (χ4n) is 2.28. The van der Waals surface area contributed by atoms with Crippen LogP contribution in [0.3, 0.4) is 0 Å². The van der Waals surface area contributed by atoms with Crippen molar-refractivity contribution < 1.29 is 24.5 Å². The minimum Gasteiger partial charge on any atom is -0.506 e. The zero-order chi connectivity index (χ0) is 15.7. The molecule has 0 saturated carbocycles. The number of methoxy groups -OCH3 is 1. The quantitative estimate of drug-likeness (QED) is 0.458. The van der Waals surface area contributed by atoms with Gasteiger partial charge in [-0.1, -0.05) is 0 Å². The van der Waals surface area contributed by atoms with Crippen LogP contribution in [0.25, 0.3) is 0 Å². The summed E-state index contributed by atoms with van der Waals surface area (Å²) in [7, 11) is 1.24. The number of halogens is 2. The van der Waals surface area contributed by atoms with Crippen molar-refractivity contribution in [2.45, 2.75) is 18.6 Å².